The van der Waals surface area contributed by atoms with Crippen LogP contribution < -0.4 is 5.32 Å². The predicted octanol–water partition coefficient (Wildman–Crippen LogP) is 3.04. The van der Waals surface area contributed by atoms with E-state index in [1.165, 1.54) is 0 Å². The van der Waals surface area contributed by atoms with Crippen LogP contribution in [0.5, 0.6) is 0 Å². The number of nitrogens with zero attached hydrogens (tertiary/aromatic N) is 1. The number of nitrogens with one attached hydrogen (secondary N) is 1. The molecule has 6 heteroatoms. The average Bonchev–Trinajstić information content (AvgIpc) is 2.94. The minimum Gasteiger partial charge on any atom is -0.310 e. The summed E-state index contributed by atoms with van der Waals surface area (Å²) in [5.41, 5.74) is 1.96. The normalized spacial score (nSPS) is 16.8. The molecule has 1 aromatic rings. The fraction of sp³-hybridized carbons (Fsp3) is 0.600. The Hall–Kier alpha value is -0.430. The van der Waals surface area contributed by atoms with E-state index in [0.717, 1.165) is 24.0 Å². The van der Waals surface area contributed by atoms with Crippen LogP contribution in [0, 0.1) is 6.92 Å². The Kier molecular flexibility index (Phi) is 5.46. The first-order chi connectivity index (χ1) is 9.82. The van der Waals surface area contributed by atoms with Crippen LogP contribution in [0.25, 0.3) is 0 Å². The molecule has 0 spiro atoms. The predicted molar refractivity (Wildman–Crippen MR) is 88.8 cm³/mol. The van der Waals surface area contributed by atoms with Gasteiger partial charge in [0.05, 0.1) is 4.90 Å². The standard InChI is InChI=1S/C15H23BrN2O2S/c1-11(2)17-10-13-8-12(3)15(16)14(9-13)21(19,20)18-6-4-5-7-18/h8-9,11,17H,4-7,10H2,1-3H3. The Bertz CT molecular complexity index is 608. The third-order valence-corrected chi connectivity index (χ3v) is 6.92. The van der Waals surface area contributed by atoms with Crippen LogP contribution in [0.1, 0.15) is 37.8 Å². The van der Waals surface area contributed by atoms with Crippen molar-refractivity contribution in [1.29, 1.82) is 0 Å². The Balaban J connectivity index is 2.37. The van der Waals surface area contributed by atoms with Gasteiger partial charge in [0.2, 0.25) is 10.0 Å². The molecule has 21 heavy (non-hydrogen) atoms. The van der Waals surface area contributed by atoms with Gasteiger partial charge in [-0.1, -0.05) is 19.9 Å². The summed E-state index contributed by atoms with van der Waals surface area (Å²) in [6.07, 6.45) is 1.90. The van der Waals surface area contributed by atoms with Crippen LogP contribution in [0.4, 0.5) is 0 Å². The van der Waals surface area contributed by atoms with Crippen LogP contribution in [-0.2, 0) is 16.6 Å². The number of sulfonamides is 1. The van der Waals surface area contributed by atoms with Gasteiger partial charge in [-0.15, -0.1) is 0 Å². The fourth-order valence-electron chi connectivity index (χ4n) is 2.49. The average molecular weight is 375 g/mol. The quantitative estimate of drug-likeness (QED) is 0.861. The van der Waals surface area contributed by atoms with Gasteiger partial charge < -0.3 is 5.32 Å². The highest BCUT2D eigenvalue weighted by Gasteiger charge is 2.29. The molecule has 0 atom stereocenters. The third kappa shape index (κ3) is 3.86. The molecule has 0 aromatic heterocycles. The molecule has 2 rings (SSSR count). The number of hydrogen-bond acceptors (Lipinski definition) is 3. The second-order valence-electron chi connectivity index (χ2n) is 5.87. The SMILES string of the molecule is Cc1cc(CNC(C)C)cc(S(=O)(=O)N2CCCC2)c1Br. The van der Waals surface area contributed by atoms with Crippen molar-refractivity contribution < 1.29 is 8.42 Å². The van der Waals surface area contributed by atoms with E-state index < -0.39 is 10.0 Å². The van der Waals surface area contributed by atoms with Gasteiger partial charge in [-0.05, 0) is 52.9 Å². The van der Waals surface area contributed by atoms with E-state index in [2.05, 4.69) is 35.1 Å². The van der Waals surface area contributed by atoms with Crippen LogP contribution in [0.15, 0.2) is 21.5 Å². The van der Waals surface area contributed by atoms with Crippen LogP contribution in [-0.4, -0.2) is 31.9 Å². The molecule has 1 N–H and O–H groups in total. The summed E-state index contributed by atoms with van der Waals surface area (Å²) in [5, 5.41) is 3.33. The molecule has 1 heterocycles. The van der Waals surface area contributed by atoms with Crippen molar-refractivity contribution >= 4 is 26.0 Å². The lowest BCUT2D eigenvalue weighted by Gasteiger charge is -2.19. The molecule has 0 radical (unpaired) electrons. The van der Waals surface area contributed by atoms with Gasteiger partial charge in [-0.25, -0.2) is 8.42 Å². The van der Waals surface area contributed by atoms with E-state index in [-0.39, 0.29) is 0 Å². The van der Waals surface area contributed by atoms with E-state index in [0.29, 0.717) is 35.0 Å². The highest BCUT2D eigenvalue weighted by Crippen LogP contribution is 2.31. The first kappa shape index (κ1) is 16.9. The first-order valence-corrected chi connectivity index (χ1v) is 9.58. The Morgan fingerprint density at radius 1 is 1.29 bits per heavy atom. The fourth-order valence-corrected chi connectivity index (χ4v) is 5.04. The maximum absolute atomic E-state index is 12.8. The molecule has 1 aliphatic rings. The maximum Gasteiger partial charge on any atom is 0.244 e. The molecule has 0 aliphatic carbocycles. The number of halogens is 1. The number of aryl methyl sites for hydroxylation is 1. The lowest BCUT2D eigenvalue weighted by atomic mass is 10.1. The van der Waals surface area contributed by atoms with Gasteiger partial charge >= 0.3 is 0 Å². The second-order valence-corrected chi connectivity index (χ2v) is 8.57. The zero-order valence-corrected chi connectivity index (χ0v) is 15.2. The van der Waals surface area contributed by atoms with Crippen molar-refractivity contribution in [2.24, 2.45) is 0 Å². The van der Waals surface area contributed by atoms with Gasteiger partial charge in [-0.3, -0.25) is 0 Å². The topological polar surface area (TPSA) is 49.4 Å². The lowest BCUT2D eigenvalue weighted by Crippen LogP contribution is -2.28. The van der Waals surface area contributed by atoms with E-state index in [4.69, 9.17) is 0 Å². The minimum absolute atomic E-state index is 0.368. The van der Waals surface area contributed by atoms with Crippen molar-refractivity contribution in [2.75, 3.05) is 13.1 Å². The van der Waals surface area contributed by atoms with Crippen molar-refractivity contribution in [1.82, 2.24) is 9.62 Å². The van der Waals surface area contributed by atoms with Gasteiger partial charge in [0.25, 0.3) is 0 Å². The van der Waals surface area contributed by atoms with Crippen molar-refractivity contribution in [3.63, 3.8) is 0 Å². The maximum atomic E-state index is 12.8. The van der Waals surface area contributed by atoms with Crippen molar-refractivity contribution in [2.45, 2.75) is 51.1 Å². The summed E-state index contributed by atoms with van der Waals surface area (Å²) in [5.74, 6) is 0. The zero-order chi connectivity index (χ0) is 15.6. The number of rotatable bonds is 5. The third-order valence-electron chi connectivity index (χ3n) is 3.68. The summed E-state index contributed by atoms with van der Waals surface area (Å²) < 4.78 is 27.8. The van der Waals surface area contributed by atoms with Gasteiger partial charge in [0, 0.05) is 30.1 Å². The summed E-state index contributed by atoms with van der Waals surface area (Å²) in [4.78, 5) is 0.393. The van der Waals surface area contributed by atoms with Gasteiger partial charge in [0.15, 0.2) is 0 Å². The number of benzene rings is 1. The largest absolute Gasteiger partial charge is 0.310 e. The lowest BCUT2D eigenvalue weighted by molar-refractivity contribution is 0.476. The molecular weight excluding hydrogens is 352 g/mol. The smallest absolute Gasteiger partial charge is 0.244 e. The van der Waals surface area contributed by atoms with E-state index in [1.807, 2.05) is 13.0 Å². The molecule has 1 fully saturated rings. The molecule has 1 saturated heterocycles. The van der Waals surface area contributed by atoms with Gasteiger partial charge in [-0.2, -0.15) is 4.31 Å². The second kappa shape index (κ2) is 6.77. The van der Waals surface area contributed by atoms with Crippen LogP contribution >= 0.6 is 15.9 Å². The van der Waals surface area contributed by atoms with E-state index in [9.17, 15) is 8.42 Å². The molecule has 1 aliphatic heterocycles. The summed E-state index contributed by atoms with van der Waals surface area (Å²) in [6.45, 7) is 8.02. The molecule has 0 unspecified atom stereocenters. The van der Waals surface area contributed by atoms with Crippen molar-refractivity contribution in [3.8, 4) is 0 Å². The zero-order valence-electron chi connectivity index (χ0n) is 12.8. The summed E-state index contributed by atoms with van der Waals surface area (Å²) in [7, 11) is -3.39. The highest BCUT2D eigenvalue weighted by molar-refractivity contribution is 9.10. The number of hydrogen-bond donors (Lipinski definition) is 1. The molecule has 118 valence electrons. The summed E-state index contributed by atoms with van der Waals surface area (Å²) in [6, 6.07) is 4.19. The molecular formula is C15H23BrN2O2S. The van der Waals surface area contributed by atoms with Crippen LogP contribution in [0.3, 0.4) is 0 Å². The molecule has 0 bridgehead atoms. The van der Waals surface area contributed by atoms with E-state index >= 15 is 0 Å². The highest BCUT2D eigenvalue weighted by atomic mass is 79.9. The Morgan fingerprint density at radius 3 is 2.48 bits per heavy atom. The Labute approximate surface area is 136 Å². The Morgan fingerprint density at radius 2 is 1.90 bits per heavy atom. The van der Waals surface area contributed by atoms with E-state index in [1.54, 1.807) is 10.4 Å². The molecule has 1 aromatic carbocycles. The van der Waals surface area contributed by atoms with Crippen molar-refractivity contribution in [3.05, 3.63) is 27.7 Å². The van der Waals surface area contributed by atoms with Gasteiger partial charge in [0.1, 0.15) is 0 Å². The van der Waals surface area contributed by atoms with Crippen LogP contribution in [0.2, 0.25) is 0 Å². The monoisotopic (exact) mass is 374 g/mol. The first-order valence-electron chi connectivity index (χ1n) is 7.35. The molecule has 0 amide bonds. The summed E-state index contributed by atoms with van der Waals surface area (Å²) >= 11 is 3.45. The molecule has 4 nitrogen and oxygen atoms in total. The molecule has 0 saturated carbocycles. The minimum atomic E-state index is -3.39.